The largest absolute Gasteiger partial charge is 0.416 e. The molecule has 1 aromatic carbocycles. The summed E-state index contributed by atoms with van der Waals surface area (Å²) in [7, 11) is 0. The van der Waals surface area contributed by atoms with E-state index >= 15 is 0 Å². The summed E-state index contributed by atoms with van der Waals surface area (Å²) in [5.41, 5.74) is 0.130. The van der Waals surface area contributed by atoms with E-state index in [0.717, 1.165) is 43.4 Å². The van der Waals surface area contributed by atoms with E-state index < -0.39 is 17.6 Å². The molecule has 1 atom stereocenters. The number of aromatic nitrogens is 1. The lowest BCUT2D eigenvalue weighted by Gasteiger charge is -2.40. The molecule has 6 nitrogen and oxygen atoms in total. The summed E-state index contributed by atoms with van der Waals surface area (Å²) in [6.07, 6.45) is 3.11. The van der Waals surface area contributed by atoms with Crippen LogP contribution >= 0.6 is 0 Å². The van der Waals surface area contributed by atoms with Crippen LogP contribution in [-0.4, -0.2) is 58.8 Å². The number of pyridine rings is 1. The Morgan fingerprint density at radius 1 is 1.06 bits per heavy atom. The molecule has 2 amide bonds. The Hall–Kier alpha value is -2.94. The van der Waals surface area contributed by atoms with Crippen molar-refractivity contribution in [1.29, 1.82) is 0 Å². The quantitative estimate of drug-likeness (QED) is 0.693. The van der Waals surface area contributed by atoms with E-state index in [1.807, 2.05) is 12.1 Å². The maximum atomic E-state index is 13.2. The fourth-order valence-corrected chi connectivity index (χ4v) is 4.96. The minimum absolute atomic E-state index is 0.0200. The van der Waals surface area contributed by atoms with Gasteiger partial charge in [-0.3, -0.25) is 19.5 Å². The molecule has 0 spiro atoms. The van der Waals surface area contributed by atoms with Crippen LogP contribution in [-0.2, 0) is 17.5 Å². The Morgan fingerprint density at radius 3 is 2.44 bits per heavy atom. The minimum Gasteiger partial charge on any atom is -0.351 e. The lowest BCUT2D eigenvalue weighted by atomic mass is 9.94. The van der Waals surface area contributed by atoms with Gasteiger partial charge in [-0.1, -0.05) is 25.0 Å². The fourth-order valence-electron chi connectivity index (χ4n) is 4.96. The predicted molar refractivity (Wildman–Crippen MR) is 121 cm³/mol. The number of alkyl halides is 3. The average molecular weight is 475 g/mol. The molecule has 1 aliphatic heterocycles. The van der Waals surface area contributed by atoms with Crippen LogP contribution < -0.4 is 5.32 Å². The van der Waals surface area contributed by atoms with Gasteiger partial charge in [-0.2, -0.15) is 13.2 Å². The van der Waals surface area contributed by atoms with Crippen molar-refractivity contribution in [1.82, 2.24) is 20.1 Å². The second-order valence-electron chi connectivity index (χ2n) is 8.98. The van der Waals surface area contributed by atoms with Gasteiger partial charge in [0.25, 0.3) is 5.91 Å². The van der Waals surface area contributed by atoms with Gasteiger partial charge in [-0.15, -0.1) is 0 Å². The maximum Gasteiger partial charge on any atom is 0.416 e. The minimum atomic E-state index is -4.49. The number of carbonyl (C=O) groups is 2. The number of benzene rings is 1. The third kappa shape index (κ3) is 5.75. The Morgan fingerprint density at radius 2 is 1.79 bits per heavy atom. The molecule has 2 aliphatic rings. The van der Waals surface area contributed by atoms with Gasteiger partial charge in [0.05, 0.1) is 11.6 Å². The van der Waals surface area contributed by atoms with Crippen LogP contribution in [0.25, 0.3) is 0 Å². The van der Waals surface area contributed by atoms with Crippen LogP contribution in [0, 0.1) is 5.92 Å². The number of hydrogen-bond donors (Lipinski definition) is 1. The first-order chi connectivity index (χ1) is 16.3. The molecule has 1 unspecified atom stereocenters. The molecule has 1 saturated carbocycles. The SMILES string of the molecule is O=C(NCc1cccnc1)C(C1CCCC1)N1CCN(C(=O)c2cccc(C(F)(F)F)c2)CC1. The van der Waals surface area contributed by atoms with E-state index in [4.69, 9.17) is 0 Å². The van der Waals surface area contributed by atoms with Crippen molar-refractivity contribution in [2.75, 3.05) is 26.2 Å². The lowest BCUT2D eigenvalue weighted by Crippen LogP contribution is -2.57. The van der Waals surface area contributed by atoms with Crippen LogP contribution in [0.3, 0.4) is 0 Å². The molecule has 182 valence electrons. The highest BCUT2D eigenvalue weighted by Gasteiger charge is 2.37. The zero-order chi connectivity index (χ0) is 24.1. The zero-order valence-electron chi connectivity index (χ0n) is 18.9. The van der Waals surface area contributed by atoms with Crippen molar-refractivity contribution in [2.24, 2.45) is 5.92 Å². The third-order valence-electron chi connectivity index (χ3n) is 6.74. The maximum absolute atomic E-state index is 13.2. The van der Waals surface area contributed by atoms with Gasteiger partial charge >= 0.3 is 6.18 Å². The summed E-state index contributed by atoms with van der Waals surface area (Å²) in [4.78, 5) is 33.9. The first-order valence-electron chi connectivity index (χ1n) is 11.7. The molecule has 1 aliphatic carbocycles. The normalized spacial score (nSPS) is 18.6. The van der Waals surface area contributed by atoms with E-state index in [9.17, 15) is 22.8 Å². The molecular weight excluding hydrogens is 445 g/mol. The van der Waals surface area contributed by atoms with E-state index in [1.54, 1.807) is 17.3 Å². The van der Waals surface area contributed by atoms with Crippen LogP contribution in [0.15, 0.2) is 48.8 Å². The zero-order valence-corrected chi connectivity index (χ0v) is 18.9. The Kier molecular flexibility index (Phi) is 7.50. The van der Waals surface area contributed by atoms with Crippen molar-refractivity contribution in [3.8, 4) is 0 Å². The first kappa shape index (κ1) is 24.2. The van der Waals surface area contributed by atoms with E-state index in [1.165, 1.54) is 12.1 Å². The summed E-state index contributed by atoms with van der Waals surface area (Å²) in [6.45, 7) is 2.16. The molecule has 4 rings (SSSR count). The standard InChI is InChI=1S/C25H29F3N4O2/c26-25(27,28)21-9-3-8-20(15-21)24(34)32-13-11-31(12-14-32)22(19-6-1-2-7-19)23(33)30-17-18-5-4-10-29-16-18/h3-5,8-10,15-16,19,22H,1-2,6-7,11-14,17H2,(H,30,33). The van der Waals surface area contributed by atoms with E-state index in [0.29, 0.717) is 32.7 Å². The highest BCUT2D eigenvalue weighted by Crippen LogP contribution is 2.32. The van der Waals surface area contributed by atoms with Crippen molar-refractivity contribution in [3.05, 3.63) is 65.5 Å². The molecule has 9 heteroatoms. The number of carbonyl (C=O) groups excluding carboxylic acids is 2. The number of nitrogens with one attached hydrogen (secondary N) is 1. The van der Waals surface area contributed by atoms with Crippen LogP contribution in [0.5, 0.6) is 0 Å². The van der Waals surface area contributed by atoms with Crippen LogP contribution in [0.2, 0.25) is 0 Å². The molecule has 0 radical (unpaired) electrons. The van der Waals surface area contributed by atoms with Gasteiger partial charge in [0.2, 0.25) is 5.91 Å². The Balaban J connectivity index is 1.39. The van der Waals surface area contributed by atoms with Crippen molar-refractivity contribution < 1.29 is 22.8 Å². The predicted octanol–water partition coefficient (Wildman–Crippen LogP) is 3.73. The molecule has 34 heavy (non-hydrogen) atoms. The Bertz CT molecular complexity index is 985. The molecule has 1 N–H and O–H groups in total. The van der Waals surface area contributed by atoms with Gasteiger partial charge in [-0.05, 0) is 48.6 Å². The summed E-state index contributed by atoms with van der Waals surface area (Å²) in [5.74, 6) is -0.169. The highest BCUT2D eigenvalue weighted by molar-refractivity contribution is 5.94. The third-order valence-corrected chi connectivity index (χ3v) is 6.74. The topological polar surface area (TPSA) is 65.5 Å². The Labute approximate surface area is 197 Å². The molecule has 2 fully saturated rings. The molecular formula is C25H29F3N4O2. The van der Waals surface area contributed by atoms with Crippen molar-refractivity contribution >= 4 is 11.8 Å². The average Bonchev–Trinajstić information content (AvgIpc) is 3.37. The molecule has 1 saturated heterocycles. The summed E-state index contributed by atoms with van der Waals surface area (Å²) in [5, 5.41) is 3.05. The number of amides is 2. The number of nitrogens with zero attached hydrogens (tertiary/aromatic N) is 3. The highest BCUT2D eigenvalue weighted by atomic mass is 19.4. The smallest absolute Gasteiger partial charge is 0.351 e. The first-order valence-corrected chi connectivity index (χ1v) is 11.7. The number of rotatable bonds is 6. The second-order valence-corrected chi connectivity index (χ2v) is 8.98. The van der Waals surface area contributed by atoms with Gasteiger partial charge in [-0.25, -0.2) is 0 Å². The van der Waals surface area contributed by atoms with Gasteiger partial charge in [0, 0.05) is 50.7 Å². The van der Waals surface area contributed by atoms with Crippen molar-refractivity contribution in [2.45, 2.75) is 44.4 Å². The summed E-state index contributed by atoms with van der Waals surface area (Å²) in [6, 6.07) is 8.01. The molecule has 0 bridgehead atoms. The lowest BCUT2D eigenvalue weighted by molar-refractivity contribution is -0.137. The van der Waals surface area contributed by atoms with Gasteiger partial charge in [0.15, 0.2) is 0 Å². The molecule has 2 heterocycles. The van der Waals surface area contributed by atoms with Crippen LogP contribution in [0.1, 0.15) is 47.2 Å². The van der Waals surface area contributed by atoms with E-state index in [-0.39, 0.29) is 23.4 Å². The van der Waals surface area contributed by atoms with Crippen LogP contribution in [0.4, 0.5) is 13.2 Å². The summed E-state index contributed by atoms with van der Waals surface area (Å²) >= 11 is 0. The molecule has 1 aromatic heterocycles. The van der Waals surface area contributed by atoms with Crippen molar-refractivity contribution in [3.63, 3.8) is 0 Å². The number of halogens is 3. The summed E-state index contributed by atoms with van der Waals surface area (Å²) < 4.78 is 39.1. The van der Waals surface area contributed by atoms with E-state index in [2.05, 4.69) is 15.2 Å². The molecule has 2 aromatic rings. The monoisotopic (exact) mass is 474 g/mol. The second kappa shape index (κ2) is 10.5. The number of piperazine rings is 1. The van der Waals surface area contributed by atoms with Gasteiger partial charge in [0.1, 0.15) is 0 Å². The fraction of sp³-hybridized carbons (Fsp3) is 0.480. The number of hydrogen-bond acceptors (Lipinski definition) is 4. The van der Waals surface area contributed by atoms with Gasteiger partial charge < -0.3 is 10.2 Å².